The molecule has 0 bridgehead atoms. The van der Waals surface area contributed by atoms with Crippen LogP contribution in [0.4, 0.5) is 11.4 Å². The van der Waals surface area contributed by atoms with Crippen LogP contribution in [0.15, 0.2) is 53.7 Å². The first-order chi connectivity index (χ1) is 15.3. The Morgan fingerprint density at radius 2 is 1.88 bits per heavy atom. The number of benzene rings is 2. The summed E-state index contributed by atoms with van der Waals surface area (Å²) in [7, 11) is 0. The fourth-order valence-corrected chi connectivity index (χ4v) is 3.14. The van der Waals surface area contributed by atoms with E-state index >= 15 is 0 Å². The van der Waals surface area contributed by atoms with Gasteiger partial charge in [0.25, 0.3) is 11.6 Å². The van der Waals surface area contributed by atoms with Crippen molar-refractivity contribution in [1.29, 1.82) is 0 Å². The summed E-state index contributed by atoms with van der Waals surface area (Å²) in [4.78, 5) is 45.4. The number of hydrogen-bond acceptors (Lipinski definition) is 9. The van der Waals surface area contributed by atoms with E-state index in [4.69, 9.17) is 0 Å². The first kappa shape index (κ1) is 22.4. The lowest BCUT2D eigenvalue weighted by Gasteiger charge is -2.08. The van der Waals surface area contributed by atoms with Crippen molar-refractivity contribution in [3.63, 3.8) is 0 Å². The molecular weight excluding hydrogens is 440 g/mol. The summed E-state index contributed by atoms with van der Waals surface area (Å²) in [5.74, 6) is -1.47. The van der Waals surface area contributed by atoms with Crippen LogP contribution < -0.4 is 16.2 Å². The van der Waals surface area contributed by atoms with Gasteiger partial charge < -0.3 is 5.32 Å². The standard InChI is InChI=1S/C18H16N8O5S/c1-11(27)19-13-3-2-4-15(9-13)25-18(22-23-24-25)32-10-16(28)20-21-17(29)12-5-7-14(8-6-12)26(30)31/h2-9H,10H2,1H3,(H,19,27)(H,20,28)(H,21,29). The molecule has 13 nitrogen and oxygen atoms in total. The lowest BCUT2D eigenvalue weighted by molar-refractivity contribution is -0.384. The lowest BCUT2D eigenvalue weighted by Crippen LogP contribution is -2.42. The third kappa shape index (κ3) is 5.85. The molecule has 3 aromatic rings. The second-order valence-electron chi connectivity index (χ2n) is 6.20. The number of thioether (sulfide) groups is 1. The van der Waals surface area contributed by atoms with E-state index < -0.39 is 16.7 Å². The van der Waals surface area contributed by atoms with Crippen molar-refractivity contribution in [2.45, 2.75) is 12.1 Å². The summed E-state index contributed by atoms with van der Waals surface area (Å²) in [6.07, 6.45) is 0. The fourth-order valence-electron chi connectivity index (χ4n) is 2.45. The van der Waals surface area contributed by atoms with E-state index in [1.165, 1.54) is 35.9 Å². The molecule has 32 heavy (non-hydrogen) atoms. The van der Waals surface area contributed by atoms with Crippen LogP contribution in [0.5, 0.6) is 0 Å². The van der Waals surface area contributed by atoms with Gasteiger partial charge in [-0.15, -0.1) is 5.10 Å². The number of carbonyl (C=O) groups is 3. The van der Waals surface area contributed by atoms with Gasteiger partial charge in [-0.25, -0.2) is 0 Å². The predicted molar refractivity (Wildman–Crippen MR) is 113 cm³/mol. The van der Waals surface area contributed by atoms with E-state index in [0.29, 0.717) is 16.5 Å². The second-order valence-corrected chi connectivity index (χ2v) is 7.14. The summed E-state index contributed by atoms with van der Waals surface area (Å²) in [6.45, 7) is 1.39. The number of nitrogens with one attached hydrogen (secondary N) is 3. The number of hydrazine groups is 1. The van der Waals surface area contributed by atoms with Gasteiger partial charge in [-0.2, -0.15) is 4.68 Å². The molecule has 164 valence electrons. The number of aromatic nitrogens is 4. The highest BCUT2D eigenvalue weighted by atomic mass is 32.2. The molecule has 0 radical (unpaired) electrons. The number of anilines is 1. The zero-order valence-corrected chi connectivity index (χ0v) is 17.3. The van der Waals surface area contributed by atoms with E-state index in [0.717, 1.165) is 11.8 Å². The van der Waals surface area contributed by atoms with Gasteiger partial charge in [0.15, 0.2) is 0 Å². The second kappa shape index (κ2) is 10.1. The van der Waals surface area contributed by atoms with Crippen molar-refractivity contribution < 1.29 is 19.3 Å². The largest absolute Gasteiger partial charge is 0.326 e. The normalized spacial score (nSPS) is 10.3. The minimum absolute atomic E-state index is 0.105. The summed E-state index contributed by atoms with van der Waals surface area (Å²) in [5.41, 5.74) is 5.62. The third-order valence-electron chi connectivity index (χ3n) is 3.84. The maximum absolute atomic E-state index is 12.1. The van der Waals surface area contributed by atoms with Crippen molar-refractivity contribution >= 4 is 40.9 Å². The predicted octanol–water partition coefficient (Wildman–Crippen LogP) is 1.08. The van der Waals surface area contributed by atoms with Crippen LogP contribution >= 0.6 is 11.8 Å². The molecule has 0 spiro atoms. The van der Waals surface area contributed by atoms with E-state index in [9.17, 15) is 24.5 Å². The van der Waals surface area contributed by atoms with Crippen molar-refractivity contribution in [2.24, 2.45) is 0 Å². The van der Waals surface area contributed by atoms with Crippen LogP contribution in [0.2, 0.25) is 0 Å². The van der Waals surface area contributed by atoms with Crippen LogP contribution in [0.25, 0.3) is 5.69 Å². The SMILES string of the molecule is CC(=O)Nc1cccc(-n2nnnc2SCC(=O)NNC(=O)c2ccc([N+](=O)[O-])cc2)c1. The Morgan fingerprint density at radius 3 is 2.56 bits per heavy atom. The number of amides is 3. The van der Waals surface area contributed by atoms with E-state index in [1.54, 1.807) is 24.3 Å². The molecule has 1 aromatic heterocycles. The molecule has 0 unspecified atom stereocenters. The maximum atomic E-state index is 12.1. The summed E-state index contributed by atoms with van der Waals surface area (Å²) in [6, 6.07) is 11.8. The molecule has 3 amide bonds. The molecule has 0 saturated heterocycles. The van der Waals surface area contributed by atoms with Crippen LogP contribution in [0.1, 0.15) is 17.3 Å². The number of nitrogens with zero attached hydrogens (tertiary/aromatic N) is 5. The Morgan fingerprint density at radius 1 is 1.12 bits per heavy atom. The van der Waals surface area contributed by atoms with Gasteiger partial charge in [0.2, 0.25) is 17.0 Å². The molecule has 0 aliphatic rings. The Labute approximate surface area is 184 Å². The number of nitro groups is 1. The number of hydrogen-bond donors (Lipinski definition) is 3. The van der Waals surface area contributed by atoms with Crippen molar-refractivity contribution in [3.05, 3.63) is 64.2 Å². The van der Waals surface area contributed by atoms with E-state index in [2.05, 4.69) is 31.7 Å². The molecule has 1 heterocycles. The summed E-state index contributed by atoms with van der Waals surface area (Å²) >= 11 is 1.03. The first-order valence-electron chi connectivity index (χ1n) is 8.96. The molecular formula is C18H16N8O5S. The Balaban J connectivity index is 1.55. The minimum Gasteiger partial charge on any atom is -0.326 e. The highest BCUT2D eigenvalue weighted by molar-refractivity contribution is 7.99. The highest BCUT2D eigenvalue weighted by Crippen LogP contribution is 2.20. The van der Waals surface area contributed by atoms with Gasteiger partial charge >= 0.3 is 0 Å². The monoisotopic (exact) mass is 456 g/mol. The molecule has 0 atom stereocenters. The minimum atomic E-state index is -0.627. The van der Waals surface area contributed by atoms with Gasteiger partial charge in [0, 0.05) is 30.3 Å². The Kier molecular flexibility index (Phi) is 7.07. The van der Waals surface area contributed by atoms with Gasteiger partial charge in [-0.1, -0.05) is 17.8 Å². The topological polar surface area (TPSA) is 174 Å². The fraction of sp³-hybridized carbons (Fsp3) is 0.111. The molecule has 0 aliphatic carbocycles. The van der Waals surface area contributed by atoms with Crippen molar-refractivity contribution in [1.82, 2.24) is 31.1 Å². The van der Waals surface area contributed by atoms with Crippen molar-refractivity contribution in [3.8, 4) is 5.69 Å². The van der Waals surface area contributed by atoms with Crippen molar-refractivity contribution in [2.75, 3.05) is 11.1 Å². The third-order valence-corrected chi connectivity index (χ3v) is 4.76. The number of rotatable bonds is 7. The van der Waals surface area contributed by atoms with E-state index in [-0.39, 0.29) is 22.9 Å². The molecule has 2 aromatic carbocycles. The number of tetrazole rings is 1. The Bertz CT molecular complexity index is 1160. The van der Waals surface area contributed by atoms with Crippen LogP contribution in [-0.2, 0) is 9.59 Å². The zero-order chi connectivity index (χ0) is 23.1. The maximum Gasteiger partial charge on any atom is 0.269 e. The summed E-state index contributed by atoms with van der Waals surface area (Å²) in [5, 5.41) is 25.0. The Hall–Kier alpha value is -4.33. The molecule has 3 rings (SSSR count). The van der Waals surface area contributed by atoms with Gasteiger partial charge in [-0.05, 0) is 40.8 Å². The molecule has 14 heteroatoms. The first-order valence-corrected chi connectivity index (χ1v) is 9.95. The van der Waals surface area contributed by atoms with Gasteiger partial charge in [-0.3, -0.25) is 35.3 Å². The zero-order valence-electron chi connectivity index (χ0n) is 16.5. The number of carbonyl (C=O) groups excluding carboxylic acids is 3. The lowest BCUT2D eigenvalue weighted by atomic mass is 10.2. The van der Waals surface area contributed by atoms with Crippen LogP contribution in [-0.4, -0.2) is 48.6 Å². The molecule has 0 saturated carbocycles. The van der Waals surface area contributed by atoms with Gasteiger partial charge in [0.1, 0.15) is 0 Å². The smallest absolute Gasteiger partial charge is 0.269 e. The van der Waals surface area contributed by atoms with Gasteiger partial charge in [0.05, 0.1) is 16.4 Å². The highest BCUT2D eigenvalue weighted by Gasteiger charge is 2.14. The molecule has 0 fully saturated rings. The number of nitro benzene ring substituents is 1. The molecule has 3 N–H and O–H groups in total. The van der Waals surface area contributed by atoms with Crippen LogP contribution in [0, 0.1) is 10.1 Å². The number of non-ortho nitro benzene ring substituents is 1. The summed E-state index contributed by atoms with van der Waals surface area (Å²) < 4.78 is 1.40. The molecule has 0 aliphatic heterocycles. The average molecular weight is 456 g/mol. The average Bonchev–Trinajstić information content (AvgIpc) is 3.24. The van der Waals surface area contributed by atoms with Crippen LogP contribution in [0.3, 0.4) is 0 Å². The van der Waals surface area contributed by atoms with E-state index in [1.807, 2.05) is 0 Å². The quantitative estimate of drug-likeness (QED) is 0.267.